The highest BCUT2D eigenvalue weighted by Gasteiger charge is 2.28. The maximum absolute atomic E-state index is 12.1. The first-order valence-corrected chi connectivity index (χ1v) is 5.64. The van der Waals surface area contributed by atoms with Crippen molar-refractivity contribution in [2.45, 2.75) is 51.6 Å². The Balaban J connectivity index is 2.34. The van der Waals surface area contributed by atoms with Crippen molar-refractivity contribution in [2.24, 2.45) is 0 Å². The van der Waals surface area contributed by atoms with E-state index in [1.807, 2.05) is 0 Å². The SMILES string of the molecule is CCCCCCc1cc(CC(F)(F)F)co1. The quantitative estimate of drug-likeness (QED) is 0.660. The molecule has 4 heteroatoms. The van der Waals surface area contributed by atoms with Crippen LogP contribution >= 0.6 is 0 Å². The molecular formula is C12H17F3O. The second kappa shape index (κ2) is 5.97. The number of hydrogen-bond acceptors (Lipinski definition) is 1. The molecule has 0 aliphatic heterocycles. The highest BCUT2D eigenvalue weighted by Crippen LogP contribution is 2.23. The fraction of sp³-hybridized carbons (Fsp3) is 0.667. The second-order valence-electron chi connectivity index (χ2n) is 4.02. The van der Waals surface area contributed by atoms with Gasteiger partial charge in [0, 0.05) is 6.42 Å². The molecule has 0 aromatic carbocycles. The molecule has 0 atom stereocenters. The van der Waals surface area contributed by atoms with Gasteiger partial charge in [0.2, 0.25) is 0 Å². The van der Waals surface area contributed by atoms with Crippen molar-refractivity contribution in [3.8, 4) is 0 Å². The molecule has 0 aliphatic rings. The van der Waals surface area contributed by atoms with E-state index in [9.17, 15) is 13.2 Å². The Morgan fingerprint density at radius 2 is 1.94 bits per heavy atom. The number of furan rings is 1. The molecule has 92 valence electrons. The summed E-state index contributed by atoms with van der Waals surface area (Å²) in [6.07, 6.45) is 1.29. The zero-order valence-electron chi connectivity index (χ0n) is 9.44. The molecule has 1 heterocycles. The van der Waals surface area contributed by atoms with Crippen LogP contribution in [0.5, 0.6) is 0 Å². The van der Waals surface area contributed by atoms with Gasteiger partial charge in [-0.3, -0.25) is 0 Å². The number of hydrogen-bond donors (Lipinski definition) is 0. The van der Waals surface area contributed by atoms with Gasteiger partial charge in [-0.05, 0) is 18.1 Å². The summed E-state index contributed by atoms with van der Waals surface area (Å²) in [5.41, 5.74) is 0.220. The molecule has 16 heavy (non-hydrogen) atoms. The molecular weight excluding hydrogens is 217 g/mol. The van der Waals surface area contributed by atoms with Gasteiger partial charge in [0.15, 0.2) is 0 Å². The van der Waals surface area contributed by atoms with Crippen LogP contribution in [0.2, 0.25) is 0 Å². The number of alkyl halides is 3. The first-order valence-electron chi connectivity index (χ1n) is 5.64. The normalized spacial score (nSPS) is 12.0. The fourth-order valence-electron chi connectivity index (χ4n) is 1.61. The van der Waals surface area contributed by atoms with Crippen LogP contribution in [0.25, 0.3) is 0 Å². The van der Waals surface area contributed by atoms with Crippen molar-refractivity contribution in [1.29, 1.82) is 0 Å². The smallest absolute Gasteiger partial charge is 0.393 e. The molecule has 0 N–H and O–H groups in total. The van der Waals surface area contributed by atoms with E-state index in [0.29, 0.717) is 5.76 Å². The van der Waals surface area contributed by atoms with Gasteiger partial charge in [0.25, 0.3) is 0 Å². The zero-order valence-corrected chi connectivity index (χ0v) is 9.44. The zero-order chi connectivity index (χ0) is 12.0. The highest BCUT2D eigenvalue weighted by molar-refractivity contribution is 5.14. The summed E-state index contributed by atoms with van der Waals surface area (Å²) in [5.74, 6) is 0.662. The van der Waals surface area contributed by atoms with Gasteiger partial charge in [-0.1, -0.05) is 26.2 Å². The lowest BCUT2D eigenvalue weighted by Gasteiger charge is -2.01. The molecule has 0 aliphatic carbocycles. The monoisotopic (exact) mass is 234 g/mol. The predicted molar refractivity (Wildman–Crippen MR) is 56.3 cm³/mol. The van der Waals surface area contributed by atoms with Crippen LogP contribution in [0.4, 0.5) is 13.2 Å². The van der Waals surface area contributed by atoms with E-state index in [1.165, 1.54) is 12.3 Å². The van der Waals surface area contributed by atoms with Crippen LogP contribution in [-0.2, 0) is 12.8 Å². The Labute approximate surface area is 93.6 Å². The van der Waals surface area contributed by atoms with E-state index in [0.717, 1.165) is 32.1 Å². The minimum Gasteiger partial charge on any atom is -0.469 e. The van der Waals surface area contributed by atoms with Crippen molar-refractivity contribution in [2.75, 3.05) is 0 Å². The van der Waals surface area contributed by atoms with Crippen LogP contribution in [0.1, 0.15) is 43.9 Å². The lowest BCUT2D eigenvalue weighted by Crippen LogP contribution is -2.10. The molecule has 1 rings (SSSR count). The molecule has 1 aromatic rings. The van der Waals surface area contributed by atoms with E-state index in [2.05, 4.69) is 6.92 Å². The topological polar surface area (TPSA) is 13.1 Å². The largest absolute Gasteiger partial charge is 0.469 e. The molecule has 0 bridgehead atoms. The Bertz CT molecular complexity index is 301. The van der Waals surface area contributed by atoms with Crippen molar-refractivity contribution < 1.29 is 17.6 Å². The Hall–Kier alpha value is -0.930. The highest BCUT2D eigenvalue weighted by atomic mass is 19.4. The fourth-order valence-corrected chi connectivity index (χ4v) is 1.61. The molecule has 0 saturated carbocycles. The number of rotatable bonds is 6. The van der Waals surface area contributed by atoms with Gasteiger partial charge in [-0.2, -0.15) is 13.2 Å². The van der Waals surface area contributed by atoms with Gasteiger partial charge in [-0.15, -0.1) is 0 Å². The molecule has 1 nitrogen and oxygen atoms in total. The lowest BCUT2D eigenvalue weighted by molar-refractivity contribution is -0.127. The van der Waals surface area contributed by atoms with Crippen LogP contribution in [0.15, 0.2) is 16.7 Å². The van der Waals surface area contributed by atoms with E-state index >= 15 is 0 Å². The van der Waals surface area contributed by atoms with Gasteiger partial charge in [-0.25, -0.2) is 0 Å². The standard InChI is InChI=1S/C12H17F3O/c1-2-3-4-5-6-11-7-10(9-16-11)8-12(13,14)15/h7,9H,2-6,8H2,1H3. The van der Waals surface area contributed by atoms with Gasteiger partial charge >= 0.3 is 6.18 Å². The first-order chi connectivity index (χ1) is 7.51. The van der Waals surface area contributed by atoms with Crippen LogP contribution in [-0.4, -0.2) is 6.18 Å². The molecule has 0 radical (unpaired) electrons. The van der Waals surface area contributed by atoms with Crippen LogP contribution in [0, 0.1) is 0 Å². The van der Waals surface area contributed by atoms with E-state index < -0.39 is 12.6 Å². The van der Waals surface area contributed by atoms with Crippen LogP contribution < -0.4 is 0 Å². The second-order valence-corrected chi connectivity index (χ2v) is 4.02. The van der Waals surface area contributed by atoms with Gasteiger partial charge < -0.3 is 4.42 Å². The van der Waals surface area contributed by atoms with Crippen molar-refractivity contribution >= 4 is 0 Å². The number of halogens is 3. The van der Waals surface area contributed by atoms with Crippen molar-refractivity contribution in [3.63, 3.8) is 0 Å². The molecule has 0 spiro atoms. The van der Waals surface area contributed by atoms with Crippen molar-refractivity contribution in [3.05, 3.63) is 23.7 Å². The van der Waals surface area contributed by atoms with E-state index in [-0.39, 0.29) is 5.56 Å². The average molecular weight is 234 g/mol. The Kier molecular flexibility index (Phi) is 4.90. The van der Waals surface area contributed by atoms with Gasteiger partial charge in [0.1, 0.15) is 5.76 Å². The maximum Gasteiger partial charge on any atom is 0.393 e. The summed E-state index contributed by atoms with van der Waals surface area (Å²) >= 11 is 0. The minimum absolute atomic E-state index is 0.220. The predicted octanol–water partition coefficient (Wildman–Crippen LogP) is 4.51. The maximum atomic E-state index is 12.1. The Morgan fingerprint density at radius 1 is 1.19 bits per heavy atom. The summed E-state index contributed by atoms with van der Waals surface area (Å²) in [6, 6.07) is 1.51. The third-order valence-corrected chi connectivity index (χ3v) is 2.39. The molecule has 0 unspecified atom stereocenters. The molecule has 1 aromatic heterocycles. The Morgan fingerprint density at radius 3 is 2.56 bits per heavy atom. The van der Waals surface area contributed by atoms with E-state index in [4.69, 9.17) is 4.42 Å². The van der Waals surface area contributed by atoms with Gasteiger partial charge in [0.05, 0.1) is 12.7 Å². The third-order valence-electron chi connectivity index (χ3n) is 2.39. The number of aryl methyl sites for hydroxylation is 1. The summed E-state index contributed by atoms with van der Waals surface area (Å²) in [7, 11) is 0. The summed E-state index contributed by atoms with van der Waals surface area (Å²) in [5, 5.41) is 0. The summed E-state index contributed by atoms with van der Waals surface area (Å²) in [6.45, 7) is 2.12. The minimum atomic E-state index is -4.15. The average Bonchev–Trinajstić information content (AvgIpc) is 2.58. The number of unbranched alkanes of at least 4 members (excludes halogenated alkanes) is 3. The summed E-state index contributed by atoms with van der Waals surface area (Å²) in [4.78, 5) is 0. The molecule has 0 amide bonds. The molecule has 0 fully saturated rings. The molecule has 0 saturated heterocycles. The van der Waals surface area contributed by atoms with Crippen LogP contribution in [0.3, 0.4) is 0 Å². The van der Waals surface area contributed by atoms with Crippen molar-refractivity contribution in [1.82, 2.24) is 0 Å². The first kappa shape index (κ1) is 13.1. The van der Waals surface area contributed by atoms with E-state index in [1.54, 1.807) is 0 Å². The lowest BCUT2D eigenvalue weighted by atomic mass is 10.1. The third kappa shape index (κ3) is 5.24. The summed E-state index contributed by atoms with van der Waals surface area (Å²) < 4.78 is 41.3.